The average Bonchev–Trinajstić information content (AvgIpc) is 2.40. The van der Waals surface area contributed by atoms with Gasteiger partial charge in [0.2, 0.25) is 0 Å². The van der Waals surface area contributed by atoms with Crippen molar-refractivity contribution < 1.29 is 4.39 Å². The van der Waals surface area contributed by atoms with Crippen molar-refractivity contribution in [3.63, 3.8) is 0 Å². The number of unbranched alkanes of at least 4 members (excludes halogenated alkanes) is 1. The zero-order valence-corrected chi connectivity index (χ0v) is 10.7. The van der Waals surface area contributed by atoms with Crippen LogP contribution in [0.2, 0.25) is 0 Å². The highest BCUT2D eigenvalue weighted by molar-refractivity contribution is 5.31. The van der Waals surface area contributed by atoms with Crippen LogP contribution in [0.4, 0.5) is 4.39 Å². The van der Waals surface area contributed by atoms with E-state index in [0.717, 1.165) is 17.4 Å². The van der Waals surface area contributed by atoms with Crippen LogP contribution in [0, 0.1) is 5.82 Å². The van der Waals surface area contributed by atoms with Gasteiger partial charge in [0, 0.05) is 18.9 Å². The van der Waals surface area contributed by atoms with Crippen molar-refractivity contribution in [2.45, 2.75) is 26.3 Å². The molecule has 0 spiro atoms. The molecule has 0 saturated carbocycles. The maximum Gasteiger partial charge on any atom is 0.320 e. The van der Waals surface area contributed by atoms with Crippen LogP contribution in [-0.2, 0) is 6.54 Å². The van der Waals surface area contributed by atoms with Crippen LogP contribution in [0.25, 0.3) is 5.69 Å². The van der Waals surface area contributed by atoms with Crippen LogP contribution < -0.4 is 11.1 Å². The Hall–Kier alpha value is -2.17. The molecule has 0 amide bonds. The van der Waals surface area contributed by atoms with Crippen molar-refractivity contribution in [2.24, 2.45) is 0 Å². The molecule has 0 aliphatic carbocycles. The maximum atomic E-state index is 13.1. The highest BCUT2D eigenvalue weighted by Gasteiger charge is 2.06. The second kappa shape index (κ2) is 5.65. The molecule has 19 heavy (non-hydrogen) atoms. The highest BCUT2D eigenvalue weighted by Crippen LogP contribution is 2.06. The van der Waals surface area contributed by atoms with E-state index in [2.05, 4.69) is 0 Å². The second-order valence-corrected chi connectivity index (χ2v) is 4.31. The molecule has 2 aromatic rings. The molecular formula is C14H15FN2O2. The largest absolute Gasteiger partial charge is 0.320 e. The van der Waals surface area contributed by atoms with Gasteiger partial charge >= 0.3 is 11.1 Å². The number of rotatable bonds is 4. The third kappa shape index (κ3) is 2.81. The summed E-state index contributed by atoms with van der Waals surface area (Å²) in [5.74, 6) is -0.445. The van der Waals surface area contributed by atoms with Gasteiger partial charge in [0.05, 0.1) is 5.69 Å². The molecule has 0 saturated heterocycles. The van der Waals surface area contributed by atoms with E-state index >= 15 is 0 Å². The molecular weight excluding hydrogens is 247 g/mol. The summed E-state index contributed by atoms with van der Waals surface area (Å²) in [5, 5.41) is 0. The van der Waals surface area contributed by atoms with Crippen LogP contribution in [0.1, 0.15) is 19.8 Å². The van der Waals surface area contributed by atoms with Gasteiger partial charge in [-0.05, 0) is 24.6 Å². The third-order valence-corrected chi connectivity index (χ3v) is 2.90. The number of benzene rings is 1. The van der Waals surface area contributed by atoms with E-state index in [-0.39, 0.29) is 0 Å². The molecule has 0 fully saturated rings. The van der Waals surface area contributed by atoms with E-state index in [0.29, 0.717) is 12.2 Å². The Labute approximate surface area is 109 Å². The molecule has 1 aromatic heterocycles. The smallest absolute Gasteiger partial charge is 0.309 e. The van der Waals surface area contributed by atoms with Gasteiger partial charge in [0.25, 0.3) is 0 Å². The van der Waals surface area contributed by atoms with Crippen molar-refractivity contribution in [1.29, 1.82) is 0 Å². The molecule has 100 valence electrons. The molecule has 1 heterocycles. The van der Waals surface area contributed by atoms with Crippen molar-refractivity contribution in [1.82, 2.24) is 9.13 Å². The fraction of sp³-hybridized carbons (Fsp3) is 0.286. The number of aryl methyl sites for hydroxylation is 1. The van der Waals surface area contributed by atoms with Gasteiger partial charge in [-0.25, -0.2) is 4.39 Å². The minimum Gasteiger partial charge on any atom is -0.309 e. The first-order chi connectivity index (χ1) is 9.13. The van der Waals surface area contributed by atoms with E-state index in [1.54, 1.807) is 12.3 Å². The monoisotopic (exact) mass is 262 g/mol. The number of hydrogen-bond donors (Lipinski definition) is 0. The summed E-state index contributed by atoms with van der Waals surface area (Å²) in [6, 6.07) is 5.59. The van der Waals surface area contributed by atoms with Gasteiger partial charge in [-0.3, -0.25) is 14.2 Å². The lowest BCUT2D eigenvalue weighted by atomic mass is 10.3. The lowest BCUT2D eigenvalue weighted by Gasteiger charge is -2.08. The van der Waals surface area contributed by atoms with Crippen LogP contribution in [0.5, 0.6) is 0 Å². The van der Waals surface area contributed by atoms with Crippen molar-refractivity contribution in [2.75, 3.05) is 0 Å². The zero-order valence-electron chi connectivity index (χ0n) is 10.7. The summed E-state index contributed by atoms with van der Waals surface area (Å²) >= 11 is 0. The Balaban J connectivity index is 2.47. The summed E-state index contributed by atoms with van der Waals surface area (Å²) in [6.45, 7) is 2.54. The second-order valence-electron chi connectivity index (χ2n) is 4.31. The molecule has 5 heteroatoms. The Kier molecular flexibility index (Phi) is 3.94. The van der Waals surface area contributed by atoms with E-state index in [4.69, 9.17) is 0 Å². The summed E-state index contributed by atoms with van der Waals surface area (Å²) < 4.78 is 15.7. The van der Waals surface area contributed by atoms with E-state index < -0.39 is 16.9 Å². The van der Waals surface area contributed by atoms with Crippen molar-refractivity contribution in [3.05, 3.63) is 63.2 Å². The summed E-state index contributed by atoms with van der Waals surface area (Å²) in [7, 11) is 0. The quantitative estimate of drug-likeness (QED) is 0.790. The van der Waals surface area contributed by atoms with Gasteiger partial charge in [-0.1, -0.05) is 19.4 Å². The standard InChI is InChI=1S/C14H15FN2O2/c1-2-3-7-16-8-9-17(14(19)13(16)18)12-6-4-5-11(15)10-12/h4-6,8-10H,2-3,7H2,1H3. The molecule has 0 atom stereocenters. The van der Waals surface area contributed by atoms with Gasteiger partial charge in [0.15, 0.2) is 0 Å². The van der Waals surface area contributed by atoms with E-state index in [1.807, 2.05) is 6.92 Å². The van der Waals surface area contributed by atoms with Gasteiger partial charge in [-0.15, -0.1) is 0 Å². The Morgan fingerprint density at radius 2 is 1.95 bits per heavy atom. The summed E-state index contributed by atoms with van der Waals surface area (Å²) in [4.78, 5) is 23.9. The average molecular weight is 262 g/mol. The fourth-order valence-corrected chi connectivity index (χ4v) is 1.84. The Morgan fingerprint density at radius 1 is 1.16 bits per heavy atom. The Morgan fingerprint density at radius 3 is 2.63 bits per heavy atom. The fourth-order valence-electron chi connectivity index (χ4n) is 1.84. The van der Waals surface area contributed by atoms with Gasteiger partial charge in [-0.2, -0.15) is 0 Å². The first-order valence-corrected chi connectivity index (χ1v) is 6.21. The molecule has 0 bridgehead atoms. The summed E-state index contributed by atoms with van der Waals surface area (Å²) in [5.41, 5.74) is -0.894. The molecule has 0 aliphatic heterocycles. The minimum absolute atomic E-state index is 0.352. The normalized spacial score (nSPS) is 10.6. The maximum absolute atomic E-state index is 13.1. The van der Waals surface area contributed by atoms with Crippen LogP contribution in [0.3, 0.4) is 0 Å². The topological polar surface area (TPSA) is 44.0 Å². The Bertz CT molecular complexity index is 688. The molecule has 2 rings (SSSR count). The first kappa shape index (κ1) is 13.3. The predicted molar refractivity (Wildman–Crippen MR) is 71.2 cm³/mol. The van der Waals surface area contributed by atoms with Crippen molar-refractivity contribution >= 4 is 0 Å². The number of nitrogens with zero attached hydrogens (tertiary/aromatic N) is 2. The molecule has 0 aliphatic rings. The lowest BCUT2D eigenvalue weighted by molar-refractivity contribution is 0.597. The number of hydrogen-bond acceptors (Lipinski definition) is 2. The van der Waals surface area contributed by atoms with Crippen LogP contribution in [-0.4, -0.2) is 9.13 Å². The molecule has 0 unspecified atom stereocenters. The molecule has 1 aromatic carbocycles. The highest BCUT2D eigenvalue weighted by atomic mass is 19.1. The SMILES string of the molecule is CCCCn1ccn(-c2cccc(F)c2)c(=O)c1=O. The van der Waals surface area contributed by atoms with E-state index in [9.17, 15) is 14.0 Å². The number of aromatic nitrogens is 2. The molecule has 0 N–H and O–H groups in total. The van der Waals surface area contributed by atoms with E-state index in [1.165, 1.54) is 29.0 Å². The minimum atomic E-state index is -0.663. The van der Waals surface area contributed by atoms with Crippen LogP contribution in [0.15, 0.2) is 46.2 Å². The van der Waals surface area contributed by atoms with Crippen LogP contribution >= 0.6 is 0 Å². The zero-order chi connectivity index (χ0) is 13.8. The summed E-state index contributed by atoms with van der Waals surface area (Å²) in [6.07, 6.45) is 4.83. The molecule has 0 radical (unpaired) electrons. The predicted octanol–water partition coefficient (Wildman–Crippen LogP) is 1.94. The number of halogens is 1. The van der Waals surface area contributed by atoms with Crippen molar-refractivity contribution in [3.8, 4) is 5.69 Å². The first-order valence-electron chi connectivity index (χ1n) is 6.21. The molecule has 4 nitrogen and oxygen atoms in total. The van der Waals surface area contributed by atoms with Gasteiger partial charge in [0.1, 0.15) is 5.82 Å². The van der Waals surface area contributed by atoms with Gasteiger partial charge < -0.3 is 4.57 Å². The lowest BCUT2D eigenvalue weighted by Crippen LogP contribution is -2.39. The third-order valence-electron chi connectivity index (χ3n) is 2.90.